The van der Waals surface area contributed by atoms with E-state index in [4.69, 9.17) is 9.47 Å². The van der Waals surface area contributed by atoms with E-state index in [-0.39, 0.29) is 12.4 Å². The molecule has 0 unspecified atom stereocenters. The number of aryl methyl sites for hydroxylation is 1. The first-order chi connectivity index (χ1) is 12.0. The number of methoxy groups -OCH3 is 1. The average Bonchev–Trinajstić information content (AvgIpc) is 2.85. The minimum atomic E-state index is 0. The van der Waals surface area contributed by atoms with Crippen LogP contribution in [0.3, 0.4) is 0 Å². The van der Waals surface area contributed by atoms with Gasteiger partial charge < -0.3 is 14.0 Å². The maximum absolute atomic E-state index is 6.02. The summed E-state index contributed by atoms with van der Waals surface area (Å²) in [6.07, 6.45) is 1.83. The van der Waals surface area contributed by atoms with Crippen molar-refractivity contribution >= 4 is 23.3 Å². The topological polar surface area (TPSA) is 36.3 Å². The fraction of sp³-hybridized carbons (Fsp3) is 0.381. The summed E-state index contributed by atoms with van der Waals surface area (Å²) in [6.45, 7) is 10.0. The molecule has 0 aliphatic heterocycles. The molecule has 3 aromatic rings. The van der Waals surface area contributed by atoms with Crippen LogP contribution in [-0.4, -0.2) is 23.3 Å². The Morgan fingerprint density at radius 3 is 2.62 bits per heavy atom. The Morgan fingerprint density at radius 1 is 1.15 bits per heavy atom. The van der Waals surface area contributed by atoms with E-state index in [0.717, 1.165) is 17.8 Å². The molecular formula is C21H27ClN2O2. The largest absolute Gasteiger partial charge is 0.497 e. The summed E-state index contributed by atoms with van der Waals surface area (Å²) in [4.78, 5) is 4.50. The fourth-order valence-electron chi connectivity index (χ4n) is 3.07. The van der Waals surface area contributed by atoms with Crippen LogP contribution in [0.2, 0.25) is 0 Å². The number of rotatable bonds is 6. The first kappa shape index (κ1) is 20.1. The lowest BCUT2D eigenvalue weighted by molar-refractivity contribution is 0.263. The van der Waals surface area contributed by atoms with Crippen molar-refractivity contribution in [3.8, 4) is 11.6 Å². The second-order valence-corrected chi connectivity index (χ2v) is 6.87. The maximum Gasteiger partial charge on any atom is 0.238 e. The van der Waals surface area contributed by atoms with Crippen molar-refractivity contribution in [2.45, 2.75) is 34.2 Å². The number of fused-ring (bicyclic) bond motifs is 1. The molecule has 0 spiro atoms. The number of halogens is 1. The van der Waals surface area contributed by atoms with E-state index < -0.39 is 0 Å². The molecule has 0 aliphatic carbocycles. The second kappa shape index (κ2) is 8.45. The lowest BCUT2D eigenvalue weighted by atomic mass is 10.2. The van der Waals surface area contributed by atoms with Crippen molar-refractivity contribution in [1.29, 1.82) is 0 Å². The summed E-state index contributed by atoms with van der Waals surface area (Å²) in [6, 6.07) is 10.3. The minimum absolute atomic E-state index is 0. The summed E-state index contributed by atoms with van der Waals surface area (Å²) in [5, 5.41) is 1.20. The third-order valence-corrected chi connectivity index (χ3v) is 4.54. The number of hydrogen-bond donors (Lipinski definition) is 0. The maximum atomic E-state index is 6.02. The molecule has 0 amide bonds. The van der Waals surface area contributed by atoms with Gasteiger partial charge in [0.15, 0.2) is 0 Å². The fourth-order valence-corrected chi connectivity index (χ4v) is 3.07. The summed E-state index contributed by atoms with van der Waals surface area (Å²) in [5.74, 6) is 2.05. The molecule has 0 atom stereocenters. The molecule has 0 radical (unpaired) electrons. The van der Waals surface area contributed by atoms with Crippen molar-refractivity contribution in [1.82, 2.24) is 9.55 Å². The van der Waals surface area contributed by atoms with E-state index in [0.29, 0.717) is 18.4 Å². The summed E-state index contributed by atoms with van der Waals surface area (Å²) < 4.78 is 13.7. The van der Waals surface area contributed by atoms with Crippen molar-refractivity contribution in [2.24, 2.45) is 5.92 Å². The van der Waals surface area contributed by atoms with Gasteiger partial charge in [0.1, 0.15) is 11.3 Å². The molecule has 3 rings (SSSR count). The lowest BCUT2D eigenvalue weighted by Gasteiger charge is -2.13. The van der Waals surface area contributed by atoms with Crippen LogP contribution in [0.15, 0.2) is 36.5 Å². The van der Waals surface area contributed by atoms with Gasteiger partial charge in [-0.15, -0.1) is 12.4 Å². The van der Waals surface area contributed by atoms with Crippen LogP contribution in [0.25, 0.3) is 10.9 Å². The lowest BCUT2D eigenvalue weighted by Crippen LogP contribution is -2.08. The van der Waals surface area contributed by atoms with E-state index in [9.17, 15) is 0 Å². The van der Waals surface area contributed by atoms with Crippen LogP contribution in [0.1, 0.15) is 30.7 Å². The Kier molecular flexibility index (Phi) is 6.54. The van der Waals surface area contributed by atoms with Gasteiger partial charge in [-0.05, 0) is 49.1 Å². The Bertz CT molecular complexity index is 887. The molecule has 140 valence electrons. The molecule has 1 aromatic carbocycles. The number of benzene rings is 1. The summed E-state index contributed by atoms with van der Waals surface area (Å²) in [7, 11) is 1.70. The van der Waals surface area contributed by atoms with E-state index in [1.807, 2.05) is 18.3 Å². The summed E-state index contributed by atoms with van der Waals surface area (Å²) >= 11 is 0. The van der Waals surface area contributed by atoms with Gasteiger partial charge in [0.2, 0.25) is 5.88 Å². The molecule has 0 saturated heterocycles. The Morgan fingerprint density at radius 2 is 1.92 bits per heavy atom. The number of pyridine rings is 1. The van der Waals surface area contributed by atoms with Crippen molar-refractivity contribution in [2.75, 3.05) is 13.7 Å². The number of ether oxygens (including phenoxy) is 2. The van der Waals surface area contributed by atoms with Gasteiger partial charge in [-0.3, -0.25) is 0 Å². The van der Waals surface area contributed by atoms with Gasteiger partial charge in [-0.2, -0.15) is 0 Å². The number of hydrogen-bond acceptors (Lipinski definition) is 3. The molecule has 0 N–H and O–H groups in total. The number of aromatic nitrogens is 2. The highest BCUT2D eigenvalue weighted by molar-refractivity contribution is 5.89. The van der Waals surface area contributed by atoms with E-state index in [1.165, 1.54) is 22.2 Å². The average molecular weight is 375 g/mol. The van der Waals surface area contributed by atoms with Crippen LogP contribution in [0, 0.1) is 19.8 Å². The van der Waals surface area contributed by atoms with E-state index >= 15 is 0 Å². The van der Waals surface area contributed by atoms with Gasteiger partial charge in [-0.1, -0.05) is 26.0 Å². The normalized spacial score (nSPS) is 10.8. The standard InChI is InChI=1S/C21H26N2O2.ClH/c1-14(2)13-25-21-20-19(9-10-22-21)15(3)16(4)23(20)12-17-7-6-8-18(11-17)24-5;/h6-11,14H,12-13H2,1-5H3;1H. The SMILES string of the molecule is COc1cccc(Cn2c(C)c(C)c3ccnc(OCC(C)C)c32)c1.Cl. The predicted octanol–water partition coefficient (Wildman–Crippen LogP) is 5.17. The van der Waals surface area contributed by atoms with Gasteiger partial charge >= 0.3 is 0 Å². The molecular weight excluding hydrogens is 348 g/mol. The molecule has 4 nitrogen and oxygen atoms in total. The molecule has 0 bridgehead atoms. The Balaban J connectivity index is 0.00000243. The van der Waals surface area contributed by atoms with Crippen LogP contribution in [0.5, 0.6) is 11.6 Å². The van der Waals surface area contributed by atoms with E-state index in [1.54, 1.807) is 7.11 Å². The van der Waals surface area contributed by atoms with Crippen LogP contribution in [-0.2, 0) is 6.54 Å². The van der Waals surface area contributed by atoms with Crippen molar-refractivity contribution in [3.05, 3.63) is 53.3 Å². The molecule has 2 aromatic heterocycles. The van der Waals surface area contributed by atoms with Crippen LogP contribution >= 0.6 is 12.4 Å². The first-order valence-corrected chi connectivity index (χ1v) is 8.71. The van der Waals surface area contributed by atoms with Gasteiger partial charge in [0, 0.05) is 23.8 Å². The second-order valence-electron chi connectivity index (χ2n) is 6.87. The Labute approximate surface area is 161 Å². The van der Waals surface area contributed by atoms with E-state index in [2.05, 4.69) is 55.4 Å². The molecule has 0 fully saturated rings. The third kappa shape index (κ3) is 3.96. The summed E-state index contributed by atoms with van der Waals surface area (Å²) in [5.41, 5.74) is 4.77. The number of nitrogens with zero attached hydrogens (tertiary/aromatic N) is 2. The molecule has 0 saturated carbocycles. The van der Waals surface area contributed by atoms with Gasteiger partial charge in [0.05, 0.1) is 13.7 Å². The Hall–Kier alpha value is -2.20. The van der Waals surface area contributed by atoms with Crippen molar-refractivity contribution in [3.63, 3.8) is 0 Å². The van der Waals surface area contributed by atoms with Crippen molar-refractivity contribution < 1.29 is 9.47 Å². The molecule has 5 heteroatoms. The van der Waals surface area contributed by atoms with Crippen LogP contribution < -0.4 is 9.47 Å². The third-order valence-electron chi connectivity index (χ3n) is 4.54. The van der Waals surface area contributed by atoms with Crippen LogP contribution in [0.4, 0.5) is 0 Å². The molecule has 2 heterocycles. The quantitative estimate of drug-likeness (QED) is 0.597. The zero-order valence-corrected chi connectivity index (χ0v) is 16.9. The zero-order chi connectivity index (χ0) is 18.0. The highest BCUT2D eigenvalue weighted by Gasteiger charge is 2.17. The minimum Gasteiger partial charge on any atom is -0.497 e. The monoisotopic (exact) mass is 374 g/mol. The zero-order valence-electron chi connectivity index (χ0n) is 16.1. The smallest absolute Gasteiger partial charge is 0.238 e. The highest BCUT2D eigenvalue weighted by atomic mass is 35.5. The van der Waals surface area contributed by atoms with Gasteiger partial charge in [-0.25, -0.2) is 4.98 Å². The highest BCUT2D eigenvalue weighted by Crippen LogP contribution is 2.32. The van der Waals surface area contributed by atoms with Gasteiger partial charge in [0.25, 0.3) is 0 Å². The first-order valence-electron chi connectivity index (χ1n) is 8.71. The molecule has 0 aliphatic rings. The predicted molar refractivity (Wildman–Crippen MR) is 109 cm³/mol. The molecule has 26 heavy (non-hydrogen) atoms.